The third kappa shape index (κ3) is 3.27. The summed E-state index contributed by atoms with van der Waals surface area (Å²) in [6, 6.07) is 8.48. The number of aryl methyl sites for hydroxylation is 1. The predicted octanol–water partition coefficient (Wildman–Crippen LogP) is 4.50. The number of nitrogens with one attached hydrogen (secondary N) is 1. The summed E-state index contributed by atoms with van der Waals surface area (Å²) in [5.41, 5.74) is 0.982. The molecule has 0 aliphatic heterocycles. The highest BCUT2D eigenvalue weighted by Crippen LogP contribution is 2.47. The van der Waals surface area contributed by atoms with Crippen LogP contribution in [-0.2, 0) is 4.79 Å². The van der Waals surface area contributed by atoms with Crippen LogP contribution in [0.2, 0.25) is 0 Å². The number of benzene rings is 1. The lowest BCUT2D eigenvalue weighted by Gasteiger charge is -2.04. The Bertz CT molecular complexity index is 732. The number of carbonyl (C=O) groups excluding carboxylic acids is 1. The molecular formula is C18H18FNO2. The maximum Gasteiger partial charge on any atom is 0.248 e. The molecule has 22 heavy (non-hydrogen) atoms. The van der Waals surface area contributed by atoms with Crippen LogP contribution in [0, 0.1) is 18.7 Å². The highest BCUT2D eigenvalue weighted by Gasteiger charge is 2.36. The van der Waals surface area contributed by atoms with Gasteiger partial charge in [-0.15, -0.1) is 0 Å². The molecule has 2 unspecified atom stereocenters. The number of amides is 1. The lowest BCUT2D eigenvalue weighted by Crippen LogP contribution is -2.09. The van der Waals surface area contributed by atoms with E-state index < -0.39 is 5.82 Å². The van der Waals surface area contributed by atoms with Gasteiger partial charge in [0.05, 0.1) is 5.69 Å². The molecule has 1 fully saturated rings. The van der Waals surface area contributed by atoms with Gasteiger partial charge in [-0.2, -0.15) is 0 Å². The first-order valence-corrected chi connectivity index (χ1v) is 7.38. The summed E-state index contributed by atoms with van der Waals surface area (Å²) in [7, 11) is 0. The number of hydrogen-bond acceptors (Lipinski definition) is 2. The van der Waals surface area contributed by atoms with Crippen molar-refractivity contribution < 1.29 is 13.6 Å². The summed E-state index contributed by atoms with van der Waals surface area (Å²) in [4.78, 5) is 11.8. The Kier molecular flexibility index (Phi) is 3.84. The van der Waals surface area contributed by atoms with Crippen LogP contribution in [0.25, 0.3) is 6.08 Å². The minimum absolute atomic E-state index is 0.173. The first-order chi connectivity index (χ1) is 10.5. The maximum absolute atomic E-state index is 13.7. The van der Waals surface area contributed by atoms with E-state index in [0.29, 0.717) is 17.6 Å². The van der Waals surface area contributed by atoms with E-state index >= 15 is 0 Å². The highest BCUT2D eigenvalue weighted by molar-refractivity contribution is 6.01. The maximum atomic E-state index is 13.7. The predicted molar refractivity (Wildman–Crippen MR) is 84.0 cm³/mol. The minimum Gasteiger partial charge on any atom is -0.461 e. The number of anilines is 1. The summed E-state index contributed by atoms with van der Waals surface area (Å²) in [5, 5.41) is 2.51. The zero-order chi connectivity index (χ0) is 15.7. The molecule has 2 aromatic rings. The summed E-state index contributed by atoms with van der Waals surface area (Å²) in [6.45, 7) is 3.98. The van der Waals surface area contributed by atoms with Crippen LogP contribution < -0.4 is 5.32 Å². The van der Waals surface area contributed by atoms with Gasteiger partial charge in [0, 0.05) is 12.0 Å². The lowest BCUT2D eigenvalue weighted by atomic mass is 10.2. The number of furan rings is 1. The zero-order valence-electron chi connectivity index (χ0n) is 12.6. The first-order valence-electron chi connectivity index (χ1n) is 7.38. The molecule has 1 aliphatic carbocycles. The molecule has 0 spiro atoms. The molecule has 1 saturated carbocycles. The van der Waals surface area contributed by atoms with E-state index in [4.69, 9.17) is 4.42 Å². The van der Waals surface area contributed by atoms with Crippen molar-refractivity contribution in [2.24, 2.45) is 5.92 Å². The fourth-order valence-electron chi connectivity index (χ4n) is 2.43. The number of hydrogen-bond donors (Lipinski definition) is 1. The van der Waals surface area contributed by atoms with Gasteiger partial charge in [0.2, 0.25) is 5.91 Å². The van der Waals surface area contributed by atoms with Crippen molar-refractivity contribution in [1.29, 1.82) is 0 Å². The average Bonchev–Trinajstić information content (AvgIpc) is 3.01. The van der Waals surface area contributed by atoms with Crippen LogP contribution in [0.1, 0.15) is 36.3 Å². The third-order valence-corrected chi connectivity index (χ3v) is 3.90. The van der Waals surface area contributed by atoms with Crippen molar-refractivity contribution in [3.63, 3.8) is 0 Å². The van der Waals surface area contributed by atoms with Crippen molar-refractivity contribution in [3.05, 3.63) is 59.3 Å². The van der Waals surface area contributed by atoms with E-state index in [1.54, 1.807) is 25.1 Å². The molecule has 2 atom stereocenters. The summed E-state index contributed by atoms with van der Waals surface area (Å²) < 4.78 is 19.3. The van der Waals surface area contributed by atoms with Gasteiger partial charge in [-0.25, -0.2) is 4.39 Å². The second kappa shape index (κ2) is 5.79. The van der Waals surface area contributed by atoms with Gasteiger partial charge in [-0.05, 0) is 55.2 Å². The van der Waals surface area contributed by atoms with E-state index in [9.17, 15) is 9.18 Å². The molecule has 1 aliphatic rings. The molecule has 1 N–H and O–H groups in total. The van der Waals surface area contributed by atoms with E-state index in [0.717, 1.165) is 17.7 Å². The van der Waals surface area contributed by atoms with E-state index in [1.807, 2.05) is 12.1 Å². The molecule has 0 radical (unpaired) electrons. The van der Waals surface area contributed by atoms with E-state index in [-0.39, 0.29) is 11.6 Å². The standard InChI is InChI=1S/C18H18FNO2/c1-11-3-6-16(15(19)9-11)20-18(21)8-5-13-4-7-17(22-13)14-10-12(14)2/h3-9,12,14H,10H2,1-2H3,(H,20,21)/b8-5+. The van der Waals surface area contributed by atoms with Gasteiger partial charge in [0.25, 0.3) is 0 Å². The largest absolute Gasteiger partial charge is 0.461 e. The molecule has 1 heterocycles. The molecule has 1 aromatic heterocycles. The third-order valence-electron chi connectivity index (χ3n) is 3.90. The van der Waals surface area contributed by atoms with Gasteiger partial charge >= 0.3 is 0 Å². The molecule has 4 heteroatoms. The van der Waals surface area contributed by atoms with Gasteiger partial charge in [0.1, 0.15) is 17.3 Å². The molecule has 3 rings (SSSR count). The van der Waals surface area contributed by atoms with Gasteiger partial charge < -0.3 is 9.73 Å². The lowest BCUT2D eigenvalue weighted by molar-refractivity contribution is -0.111. The summed E-state index contributed by atoms with van der Waals surface area (Å²) in [5.74, 6) is 1.96. The van der Waals surface area contributed by atoms with Gasteiger partial charge in [0.15, 0.2) is 0 Å². The van der Waals surface area contributed by atoms with Gasteiger partial charge in [-0.1, -0.05) is 13.0 Å². The highest BCUT2D eigenvalue weighted by atomic mass is 19.1. The van der Waals surface area contributed by atoms with Crippen LogP contribution in [0.5, 0.6) is 0 Å². The van der Waals surface area contributed by atoms with Crippen LogP contribution in [0.4, 0.5) is 10.1 Å². The molecule has 1 aromatic carbocycles. The Morgan fingerprint density at radius 3 is 2.82 bits per heavy atom. The Morgan fingerprint density at radius 1 is 1.36 bits per heavy atom. The molecule has 114 valence electrons. The van der Waals surface area contributed by atoms with Crippen LogP contribution in [0.15, 0.2) is 40.8 Å². The molecule has 3 nitrogen and oxygen atoms in total. The SMILES string of the molecule is Cc1ccc(NC(=O)/C=C/c2ccc(C3CC3C)o2)c(F)c1. The molecule has 0 saturated heterocycles. The second-order valence-electron chi connectivity index (χ2n) is 5.87. The van der Waals surface area contributed by atoms with Crippen LogP contribution in [-0.4, -0.2) is 5.91 Å². The molecular weight excluding hydrogens is 281 g/mol. The van der Waals surface area contributed by atoms with Crippen molar-refractivity contribution in [2.75, 3.05) is 5.32 Å². The smallest absolute Gasteiger partial charge is 0.248 e. The summed E-state index contributed by atoms with van der Waals surface area (Å²) in [6.07, 6.45) is 4.10. The molecule has 1 amide bonds. The second-order valence-corrected chi connectivity index (χ2v) is 5.87. The normalized spacial score (nSPS) is 20.3. The van der Waals surface area contributed by atoms with Crippen LogP contribution in [0.3, 0.4) is 0 Å². The van der Waals surface area contributed by atoms with E-state index in [2.05, 4.69) is 12.2 Å². The van der Waals surface area contributed by atoms with Gasteiger partial charge in [-0.3, -0.25) is 4.79 Å². The van der Waals surface area contributed by atoms with Crippen molar-refractivity contribution in [2.45, 2.75) is 26.2 Å². The fraction of sp³-hybridized carbons (Fsp3) is 0.278. The topological polar surface area (TPSA) is 42.2 Å². The van der Waals surface area contributed by atoms with Crippen molar-refractivity contribution >= 4 is 17.7 Å². The number of halogens is 1. The number of rotatable bonds is 4. The molecule has 0 bridgehead atoms. The Hall–Kier alpha value is -2.36. The Morgan fingerprint density at radius 2 is 2.14 bits per heavy atom. The average molecular weight is 299 g/mol. The summed E-state index contributed by atoms with van der Waals surface area (Å²) >= 11 is 0. The van der Waals surface area contributed by atoms with E-state index in [1.165, 1.54) is 12.1 Å². The zero-order valence-corrected chi connectivity index (χ0v) is 12.6. The Balaban J connectivity index is 1.62. The van der Waals surface area contributed by atoms with Crippen molar-refractivity contribution in [3.8, 4) is 0 Å². The Labute approximate surface area is 128 Å². The monoisotopic (exact) mass is 299 g/mol. The quantitative estimate of drug-likeness (QED) is 0.844. The number of carbonyl (C=O) groups is 1. The van der Waals surface area contributed by atoms with Crippen molar-refractivity contribution in [1.82, 2.24) is 0 Å². The van der Waals surface area contributed by atoms with Crippen LogP contribution >= 0.6 is 0 Å². The fourth-order valence-corrected chi connectivity index (χ4v) is 2.43. The minimum atomic E-state index is -0.440. The first kappa shape index (κ1) is 14.6.